The first-order valence-electron chi connectivity index (χ1n) is 6.88. The summed E-state index contributed by atoms with van der Waals surface area (Å²) < 4.78 is 4.86. The van der Waals surface area contributed by atoms with Gasteiger partial charge in [-0.25, -0.2) is 9.86 Å². The molecule has 0 saturated carbocycles. The molecule has 2 amide bonds. The van der Waals surface area contributed by atoms with E-state index in [0.29, 0.717) is 26.1 Å². The minimum atomic E-state index is -0.386. The number of carbonyl (C=O) groups excluding carboxylic acids is 2. The van der Waals surface area contributed by atoms with Gasteiger partial charge in [0.05, 0.1) is 19.2 Å². The van der Waals surface area contributed by atoms with Gasteiger partial charge in [-0.3, -0.25) is 4.84 Å². The normalized spacial score (nSPS) is 19.7. The lowest BCUT2D eigenvalue weighted by molar-refractivity contribution is -0.147. The maximum atomic E-state index is 12.2. The van der Waals surface area contributed by atoms with Crippen molar-refractivity contribution in [3.05, 3.63) is 0 Å². The van der Waals surface area contributed by atoms with E-state index in [-0.39, 0.29) is 25.2 Å². The summed E-state index contributed by atoms with van der Waals surface area (Å²) in [5, 5.41) is 1.37. The smallest absolute Gasteiger partial charge is 0.353 e. The zero-order valence-electron chi connectivity index (χ0n) is 12.1. The lowest BCUT2D eigenvalue weighted by Gasteiger charge is -2.39. The number of unbranched alkanes of at least 4 members (excludes halogenated alkanes) is 1. The molecule has 0 aliphatic carbocycles. The van der Waals surface area contributed by atoms with Crippen LogP contribution in [0.2, 0.25) is 0 Å². The third kappa shape index (κ3) is 4.21. The van der Waals surface area contributed by atoms with E-state index in [1.54, 1.807) is 4.90 Å². The number of urea groups is 1. The summed E-state index contributed by atoms with van der Waals surface area (Å²) in [7, 11) is 1.53. The molecule has 0 aromatic carbocycles. The second kappa shape index (κ2) is 8.17. The minimum Gasteiger partial charge on any atom is -0.434 e. The minimum absolute atomic E-state index is 0.0468. The number of likely N-dealkylation sites (N-methyl/N-ethyl adjacent to an activating group) is 1. The molecule has 1 aliphatic heterocycles. The number of nitrogens with zero attached hydrogens (tertiary/aromatic N) is 2. The van der Waals surface area contributed by atoms with E-state index in [1.165, 1.54) is 12.2 Å². The van der Waals surface area contributed by atoms with Crippen molar-refractivity contribution in [3.8, 4) is 0 Å². The molecule has 0 aromatic rings. The number of hydrogen-bond acceptors (Lipinski definition) is 4. The van der Waals surface area contributed by atoms with Gasteiger partial charge in [0.2, 0.25) is 0 Å². The van der Waals surface area contributed by atoms with Crippen LogP contribution < -0.4 is 0 Å². The van der Waals surface area contributed by atoms with E-state index in [1.807, 2.05) is 6.92 Å². The largest absolute Gasteiger partial charge is 0.434 e. The first-order valence-corrected chi connectivity index (χ1v) is 6.88. The number of rotatable bonds is 8. The summed E-state index contributed by atoms with van der Waals surface area (Å²) in [6.07, 6.45) is 2.53. The van der Waals surface area contributed by atoms with Crippen LogP contribution in [-0.2, 0) is 14.3 Å². The van der Waals surface area contributed by atoms with Crippen LogP contribution in [0.5, 0.6) is 0 Å². The van der Waals surface area contributed by atoms with Crippen molar-refractivity contribution in [2.24, 2.45) is 0 Å². The summed E-state index contributed by atoms with van der Waals surface area (Å²) in [6, 6.07) is -0.609. The third-order valence-corrected chi connectivity index (χ3v) is 3.18. The van der Waals surface area contributed by atoms with Crippen molar-refractivity contribution in [2.45, 2.75) is 39.2 Å². The van der Waals surface area contributed by atoms with Gasteiger partial charge in [-0.1, -0.05) is 13.3 Å². The van der Waals surface area contributed by atoms with Gasteiger partial charge in [0.15, 0.2) is 0 Å². The Hall–Kier alpha value is -1.08. The second-order valence-corrected chi connectivity index (χ2v) is 4.56. The Balaban J connectivity index is 2.59. The van der Waals surface area contributed by atoms with Crippen LogP contribution in [0.15, 0.2) is 0 Å². The zero-order valence-corrected chi connectivity index (χ0v) is 12.1. The van der Waals surface area contributed by atoms with Crippen LogP contribution in [0.25, 0.3) is 0 Å². The van der Waals surface area contributed by atoms with Crippen molar-refractivity contribution < 1.29 is 19.1 Å². The highest BCUT2D eigenvalue weighted by Crippen LogP contribution is 2.17. The van der Waals surface area contributed by atoms with E-state index in [4.69, 9.17) is 9.49 Å². The molecule has 1 fully saturated rings. The Bertz CT molecular complexity index is 314. The van der Waals surface area contributed by atoms with Crippen LogP contribution in [0, 0.1) is 0 Å². The number of hydrogen-bond donors (Lipinski definition) is 0. The van der Waals surface area contributed by atoms with Gasteiger partial charge >= 0.3 is 13.5 Å². The van der Waals surface area contributed by atoms with Crippen molar-refractivity contribution in [1.82, 2.24) is 9.96 Å². The molecule has 1 saturated heterocycles. The zero-order chi connectivity index (χ0) is 14.3. The van der Waals surface area contributed by atoms with Crippen LogP contribution >= 0.6 is 0 Å². The number of amides is 2. The van der Waals surface area contributed by atoms with Crippen LogP contribution in [-0.4, -0.2) is 62.0 Å². The average molecular weight is 270 g/mol. The highest BCUT2D eigenvalue weighted by atomic mass is 16.7. The molecule has 0 aromatic heterocycles. The fraction of sp³-hybridized carbons (Fsp3) is 0.833. The van der Waals surface area contributed by atoms with Gasteiger partial charge in [0, 0.05) is 13.7 Å². The molecule has 1 atom stereocenters. The summed E-state index contributed by atoms with van der Waals surface area (Å²) >= 11 is 0. The third-order valence-electron chi connectivity index (χ3n) is 3.18. The Morgan fingerprint density at radius 3 is 2.79 bits per heavy atom. The molecule has 108 valence electrons. The molecule has 0 N–H and O–H groups in total. The Labute approximate surface area is 115 Å². The molecule has 0 radical (unpaired) electrons. The van der Waals surface area contributed by atoms with E-state index in [0.717, 1.165) is 12.8 Å². The summed E-state index contributed by atoms with van der Waals surface area (Å²) in [5.74, 6) is 0. The van der Waals surface area contributed by atoms with Gasteiger partial charge in [0.1, 0.15) is 5.68 Å². The first-order chi connectivity index (χ1) is 9.15. The standard InChI is InChI=1S/C12H23BN2O4/c1-4-6-9-19-15-8-7-10(11(16)13-18-3)14(5-2)12(15)17/h10,13H,4-9H2,1-3H3/t10-/m0/s1. The van der Waals surface area contributed by atoms with Crippen LogP contribution in [0.4, 0.5) is 4.79 Å². The fourth-order valence-corrected chi connectivity index (χ4v) is 2.14. The number of hydroxylamine groups is 2. The molecule has 19 heavy (non-hydrogen) atoms. The summed E-state index contributed by atoms with van der Waals surface area (Å²) in [5.41, 5.74) is -0.0501. The predicted molar refractivity (Wildman–Crippen MR) is 72.9 cm³/mol. The maximum Gasteiger partial charge on any atom is 0.353 e. The molecule has 6 nitrogen and oxygen atoms in total. The van der Waals surface area contributed by atoms with Gasteiger partial charge < -0.3 is 14.3 Å². The topological polar surface area (TPSA) is 59.1 Å². The van der Waals surface area contributed by atoms with Gasteiger partial charge in [0.25, 0.3) is 0 Å². The maximum absolute atomic E-state index is 12.2. The van der Waals surface area contributed by atoms with Crippen molar-refractivity contribution in [3.63, 3.8) is 0 Å². The van der Waals surface area contributed by atoms with E-state index >= 15 is 0 Å². The molecular formula is C12H23BN2O4. The fourth-order valence-electron chi connectivity index (χ4n) is 2.14. The van der Waals surface area contributed by atoms with Crippen molar-refractivity contribution in [1.29, 1.82) is 0 Å². The molecule has 1 rings (SSSR count). The molecular weight excluding hydrogens is 247 g/mol. The lowest BCUT2D eigenvalue weighted by Crippen LogP contribution is -2.57. The highest BCUT2D eigenvalue weighted by Gasteiger charge is 2.36. The molecule has 7 heteroatoms. The Morgan fingerprint density at radius 1 is 1.47 bits per heavy atom. The quantitative estimate of drug-likeness (QED) is 0.482. The molecule has 1 heterocycles. The van der Waals surface area contributed by atoms with E-state index < -0.39 is 0 Å². The summed E-state index contributed by atoms with van der Waals surface area (Å²) in [6.45, 7) is 5.42. The monoisotopic (exact) mass is 270 g/mol. The lowest BCUT2D eigenvalue weighted by atomic mass is 9.84. The van der Waals surface area contributed by atoms with Gasteiger partial charge in [-0.05, 0) is 19.8 Å². The summed E-state index contributed by atoms with van der Waals surface area (Å²) in [4.78, 5) is 31.1. The second-order valence-electron chi connectivity index (χ2n) is 4.56. The van der Waals surface area contributed by atoms with Gasteiger partial charge in [-0.15, -0.1) is 0 Å². The Morgan fingerprint density at radius 2 is 2.21 bits per heavy atom. The van der Waals surface area contributed by atoms with Crippen molar-refractivity contribution in [2.75, 3.05) is 26.8 Å². The molecule has 0 spiro atoms. The van der Waals surface area contributed by atoms with Crippen LogP contribution in [0.3, 0.4) is 0 Å². The highest BCUT2D eigenvalue weighted by molar-refractivity contribution is 6.70. The SMILES string of the molecule is CCCCON1CC[C@@H](C(=O)BOC)N(CC)C1=O. The van der Waals surface area contributed by atoms with Crippen molar-refractivity contribution >= 4 is 19.2 Å². The average Bonchev–Trinajstić information content (AvgIpc) is 2.40. The molecule has 1 aliphatic rings. The number of carbonyl (C=O) groups is 2. The Kier molecular flexibility index (Phi) is 6.87. The predicted octanol–water partition coefficient (Wildman–Crippen LogP) is 0.759. The van der Waals surface area contributed by atoms with Crippen LogP contribution in [0.1, 0.15) is 33.1 Å². The van der Waals surface area contributed by atoms with Gasteiger partial charge in [-0.2, -0.15) is 0 Å². The van der Waals surface area contributed by atoms with E-state index in [9.17, 15) is 9.59 Å². The first kappa shape index (κ1) is 16.0. The molecule has 0 bridgehead atoms. The van der Waals surface area contributed by atoms with E-state index in [2.05, 4.69) is 6.92 Å². The molecule has 0 unspecified atom stereocenters.